The van der Waals surface area contributed by atoms with Gasteiger partial charge in [0.2, 0.25) is 5.91 Å². The molecule has 1 fully saturated rings. The van der Waals surface area contributed by atoms with Crippen LogP contribution in [-0.2, 0) is 16.1 Å². The average molecular weight is 375 g/mol. The highest BCUT2D eigenvalue weighted by Gasteiger charge is 2.24. The summed E-state index contributed by atoms with van der Waals surface area (Å²) < 4.78 is 12.0. The van der Waals surface area contributed by atoms with Gasteiger partial charge in [0.1, 0.15) is 0 Å². The zero-order chi connectivity index (χ0) is 19.1. The number of carbonyl (C=O) groups is 1. The number of ether oxygens (including phenoxy) is 1. The van der Waals surface area contributed by atoms with E-state index < -0.39 is 0 Å². The summed E-state index contributed by atoms with van der Waals surface area (Å²) >= 11 is 0. The summed E-state index contributed by atoms with van der Waals surface area (Å²) in [7, 11) is 1.67. The van der Waals surface area contributed by atoms with Gasteiger partial charge in [0.05, 0.1) is 5.52 Å². The molecule has 0 bridgehead atoms. The third-order valence-electron chi connectivity index (χ3n) is 5.21. The van der Waals surface area contributed by atoms with Gasteiger partial charge in [-0.25, -0.2) is 4.79 Å². The summed E-state index contributed by atoms with van der Waals surface area (Å²) in [6.07, 6.45) is 3.52. The second kappa shape index (κ2) is 9.71. The number of rotatable bonds is 9. The standard InChI is InChI=1S/C20H29N3O4/c1-26-15-4-10-21-19(24)16-8-13-22(14-9-16)11-5-12-23-17-6-2-3-7-18(17)27-20(23)25/h2-3,6-7,16H,4-5,8-15H2,1H3,(H,21,24). The fourth-order valence-electron chi connectivity index (χ4n) is 3.67. The number of piperidine rings is 1. The van der Waals surface area contributed by atoms with Crippen molar-refractivity contribution in [2.45, 2.75) is 32.2 Å². The SMILES string of the molecule is COCCCNC(=O)C1CCN(CCCn2c(=O)oc3ccccc32)CC1. The largest absolute Gasteiger partial charge is 0.419 e. The first kappa shape index (κ1) is 19.6. The summed E-state index contributed by atoms with van der Waals surface area (Å²) in [5.74, 6) is -0.00791. The predicted octanol–water partition coefficient (Wildman–Crippen LogP) is 1.85. The van der Waals surface area contributed by atoms with Gasteiger partial charge in [-0.2, -0.15) is 0 Å². The Labute approximate surface area is 159 Å². The molecule has 148 valence electrons. The number of hydrogen-bond donors (Lipinski definition) is 1. The van der Waals surface area contributed by atoms with Crippen molar-refractivity contribution in [1.82, 2.24) is 14.8 Å². The molecule has 0 unspecified atom stereocenters. The first-order valence-corrected chi connectivity index (χ1v) is 9.76. The Hall–Kier alpha value is -2.12. The van der Waals surface area contributed by atoms with Gasteiger partial charge in [-0.05, 0) is 57.5 Å². The maximum atomic E-state index is 12.2. The molecule has 7 nitrogen and oxygen atoms in total. The van der Waals surface area contributed by atoms with Crippen molar-refractivity contribution >= 4 is 17.0 Å². The molecule has 3 rings (SSSR count). The Kier molecular flexibility index (Phi) is 7.06. The number of nitrogens with zero attached hydrogens (tertiary/aromatic N) is 2. The third-order valence-corrected chi connectivity index (χ3v) is 5.21. The molecule has 0 aliphatic carbocycles. The Morgan fingerprint density at radius 1 is 1.22 bits per heavy atom. The van der Waals surface area contributed by atoms with E-state index in [1.807, 2.05) is 24.3 Å². The number of amides is 1. The summed E-state index contributed by atoms with van der Waals surface area (Å²) in [4.78, 5) is 26.6. The zero-order valence-corrected chi connectivity index (χ0v) is 16.0. The van der Waals surface area contributed by atoms with E-state index in [0.29, 0.717) is 25.3 Å². The number of carbonyl (C=O) groups excluding carboxylic acids is 1. The van der Waals surface area contributed by atoms with Crippen LogP contribution in [-0.4, -0.2) is 55.3 Å². The van der Waals surface area contributed by atoms with Gasteiger partial charge in [0, 0.05) is 32.7 Å². The van der Waals surface area contributed by atoms with Crippen LogP contribution in [0.2, 0.25) is 0 Å². The Bertz CT molecular complexity index is 790. The van der Waals surface area contributed by atoms with Gasteiger partial charge in [0.25, 0.3) is 0 Å². The maximum Gasteiger partial charge on any atom is 0.419 e. The Balaban J connectivity index is 1.39. The highest BCUT2D eigenvalue weighted by atomic mass is 16.5. The minimum Gasteiger partial charge on any atom is -0.408 e. The molecule has 1 saturated heterocycles. The minimum atomic E-state index is -0.292. The number of likely N-dealkylation sites (tertiary alicyclic amines) is 1. The van der Waals surface area contributed by atoms with Crippen LogP contribution >= 0.6 is 0 Å². The van der Waals surface area contributed by atoms with Crippen molar-refractivity contribution in [3.8, 4) is 0 Å². The average Bonchev–Trinajstić information content (AvgIpc) is 3.01. The number of methoxy groups -OCH3 is 1. The number of hydrogen-bond acceptors (Lipinski definition) is 5. The van der Waals surface area contributed by atoms with Crippen LogP contribution in [0.3, 0.4) is 0 Å². The van der Waals surface area contributed by atoms with E-state index in [0.717, 1.165) is 50.8 Å². The van der Waals surface area contributed by atoms with Crippen LogP contribution in [0.25, 0.3) is 11.1 Å². The number of aromatic nitrogens is 1. The lowest BCUT2D eigenvalue weighted by molar-refractivity contribution is -0.126. The lowest BCUT2D eigenvalue weighted by Gasteiger charge is -2.31. The molecule has 1 aliphatic rings. The molecule has 0 atom stereocenters. The lowest BCUT2D eigenvalue weighted by atomic mass is 9.96. The second-order valence-electron chi connectivity index (χ2n) is 7.09. The molecule has 1 aromatic heterocycles. The van der Waals surface area contributed by atoms with Gasteiger partial charge in [-0.1, -0.05) is 12.1 Å². The predicted molar refractivity (Wildman–Crippen MR) is 104 cm³/mol. The number of nitrogens with one attached hydrogen (secondary N) is 1. The van der Waals surface area contributed by atoms with Crippen LogP contribution in [0.5, 0.6) is 0 Å². The van der Waals surface area contributed by atoms with Crippen LogP contribution in [0.4, 0.5) is 0 Å². The molecular weight excluding hydrogens is 346 g/mol. The van der Waals surface area contributed by atoms with Crippen molar-refractivity contribution in [2.75, 3.05) is 39.9 Å². The molecule has 0 spiro atoms. The van der Waals surface area contributed by atoms with E-state index in [2.05, 4.69) is 10.2 Å². The summed E-state index contributed by atoms with van der Waals surface area (Å²) in [5, 5.41) is 3.00. The van der Waals surface area contributed by atoms with E-state index in [-0.39, 0.29) is 17.6 Å². The van der Waals surface area contributed by atoms with Crippen molar-refractivity contribution in [3.05, 3.63) is 34.8 Å². The van der Waals surface area contributed by atoms with Gasteiger partial charge in [-0.15, -0.1) is 0 Å². The van der Waals surface area contributed by atoms with Crippen molar-refractivity contribution < 1.29 is 13.9 Å². The quantitative estimate of drug-likeness (QED) is 0.677. The van der Waals surface area contributed by atoms with Crippen molar-refractivity contribution in [2.24, 2.45) is 5.92 Å². The summed E-state index contributed by atoms with van der Waals surface area (Å²) in [6, 6.07) is 7.52. The first-order chi connectivity index (χ1) is 13.2. The van der Waals surface area contributed by atoms with Crippen LogP contribution in [0.1, 0.15) is 25.7 Å². The van der Waals surface area contributed by atoms with E-state index in [9.17, 15) is 9.59 Å². The number of aryl methyl sites for hydroxylation is 1. The molecule has 1 N–H and O–H groups in total. The van der Waals surface area contributed by atoms with Crippen LogP contribution in [0, 0.1) is 5.92 Å². The molecular formula is C20H29N3O4. The van der Waals surface area contributed by atoms with Gasteiger partial charge in [0.15, 0.2) is 5.58 Å². The first-order valence-electron chi connectivity index (χ1n) is 9.76. The van der Waals surface area contributed by atoms with E-state index in [1.165, 1.54) is 0 Å². The fourth-order valence-corrected chi connectivity index (χ4v) is 3.67. The number of benzene rings is 1. The Morgan fingerprint density at radius 2 is 2.00 bits per heavy atom. The van der Waals surface area contributed by atoms with E-state index in [1.54, 1.807) is 11.7 Å². The molecule has 27 heavy (non-hydrogen) atoms. The molecule has 2 aromatic rings. The molecule has 1 aromatic carbocycles. The smallest absolute Gasteiger partial charge is 0.408 e. The third kappa shape index (κ3) is 5.20. The van der Waals surface area contributed by atoms with Gasteiger partial charge >= 0.3 is 5.76 Å². The second-order valence-corrected chi connectivity index (χ2v) is 7.09. The minimum absolute atomic E-state index is 0.115. The van der Waals surface area contributed by atoms with Crippen molar-refractivity contribution in [3.63, 3.8) is 0 Å². The van der Waals surface area contributed by atoms with E-state index >= 15 is 0 Å². The van der Waals surface area contributed by atoms with E-state index in [4.69, 9.17) is 9.15 Å². The van der Waals surface area contributed by atoms with Gasteiger partial charge in [-0.3, -0.25) is 9.36 Å². The highest BCUT2D eigenvalue weighted by Crippen LogP contribution is 2.18. The van der Waals surface area contributed by atoms with Crippen LogP contribution in [0.15, 0.2) is 33.5 Å². The molecule has 7 heteroatoms. The maximum absolute atomic E-state index is 12.2. The van der Waals surface area contributed by atoms with Crippen molar-refractivity contribution in [1.29, 1.82) is 0 Å². The molecule has 1 amide bonds. The number of oxazole rings is 1. The topological polar surface area (TPSA) is 76.7 Å². The number of fused-ring (bicyclic) bond motifs is 1. The molecule has 0 saturated carbocycles. The van der Waals surface area contributed by atoms with Crippen LogP contribution < -0.4 is 11.1 Å². The molecule has 2 heterocycles. The molecule has 0 radical (unpaired) electrons. The fraction of sp³-hybridized carbons (Fsp3) is 0.600. The molecule has 1 aliphatic heterocycles. The summed E-state index contributed by atoms with van der Waals surface area (Å²) in [5.41, 5.74) is 1.49. The zero-order valence-electron chi connectivity index (χ0n) is 16.0. The monoisotopic (exact) mass is 375 g/mol. The highest BCUT2D eigenvalue weighted by molar-refractivity contribution is 5.78. The Morgan fingerprint density at radius 3 is 2.78 bits per heavy atom. The lowest BCUT2D eigenvalue weighted by Crippen LogP contribution is -2.41. The number of para-hydroxylation sites is 2. The van der Waals surface area contributed by atoms with Gasteiger partial charge < -0.3 is 19.4 Å². The summed E-state index contributed by atoms with van der Waals surface area (Å²) in [6.45, 7) is 4.78. The normalized spacial score (nSPS) is 16.0.